The second-order valence-electron chi connectivity index (χ2n) is 4.55. The fraction of sp³-hybridized carbons (Fsp3) is 0.500. The quantitative estimate of drug-likeness (QED) is 0.924. The Balaban J connectivity index is 1.71. The van der Waals surface area contributed by atoms with Crippen molar-refractivity contribution in [3.8, 4) is 10.8 Å². The molecule has 1 N–H and O–H groups in total. The van der Waals surface area contributed by atoms with Crippen LogP contribution in [-0.4, -0.2) is 39.4 Å². The Kier molecular flexibility index (Phi) is 3.97. The molecule has 7 heteroatoms. The first-order valence-electron chi connectivity index (χ1n) is 6.19. The van der Waals surface area contributed by atoms with Crippen LogP contribution in [0.2, 0.25) is 0 Å². The maximum absolute atomic E-state index is 9.29. The zero-order valence-corrected chi connectivity index (χ0v) is 12.7. The molecular weight excluding hydrogens is 330 g/mol. The van der Waals surface area contributed by atoms with Gasteiger partial charge in [-0.15, -0.1) is 21.5 Å². The molecule has 1 aliphatic heterocycles. The summed E-state index contributed by atoms with van der Waals surface area (Å²) in [5.41, 5.74) is 0. The number of rotatable bonds is 4. The monoisotopic (exact) mass is 343 g/mol. The lowest BCUT2D eigenvalue weighted by molar-refractivity contribution is 0.144. The molecule has 3 heterocycles. The number of aromatic nitrogens is 2. The molecule has 0 aromatic carbocycles. The number of hydrogen-bond donors (Lipinski definition) is 1. The third-order valence-corrected chi connectivity index (χ3v) is 4.91. The molecule has 0 spiro atoms. The van der Waals surface area contributed by atoms with Crippen LogP contribution in [0.4, 0.5) is 0 Å². The highest BCUT2D eigenvalue weighted by Gasteiger charge is 2.25. The third-order valence-electron chi connectivity index (χ3n) is 3.30. The summed E-state index contributed by atoms with van der Waals surface area (Å²) in [4.78, 5) is 3.16. The van der Waals surface area contributed by atoms with E-state index in [0.717, 1.165) is 28.0 Å². The summed E-state index contributed by atoms with van der Waals surface area (Å²) in [6, 6.07) is 4.15. The van der Waals surface area contributed by atoms with Gasteiger partial charge in [0.1, 0.15) is 0 Å². The van der Waals surface area contributed by atoms with Gasteiger partial charge in [-0.25, -0.2) is 0 Å². The number of thiophene rings is 1. The average molecular weight is 344 g/mol. The van der Waals surface area contributed by atoms with Crippen molar-refractivity contribution in [1.29, 1.82) is 0 Å². The molecule has 1 fully saturated rings. The highest BCUT2D eigenvalue weighted by atomic mass is 79.9. The Hall–Kier alpha value is -0.760. The predicted octanol–water partition coefficient (Wildman–Crippen LogP) is 2.52. The van der Waals surface area contributed by atoms with Crippen LogP contribution >= 0.6 is 27.3 Å². The zero-order valence-electron chi connectivity index (χ0n) is 10.3. The van der Waals surface area contributed by atoms with E-state index in [0.29, 0.717) is 18.3 Å². The molecule has 2 aromatic heterocycles. The number of likely N-dealkylation sites (tertiary alicyclic amines) is 1. The summed E-state index contributed by atoms with van der Waals surface area (Å²) in [6.07, 6.45) is 2.15. The number of aliphatic hydroxyl groups is 1. The van der Waals surface area contributed by atoms with Crippen molar-refractivity contribution in [1.82, 2.24) is 15.1 Å². The van der Waals surface area contributed by atoms with Gasteiger partial charge in [0.15, 0.2) is 0 Å². The Labute approximate surface area is 123 Å². The minimum absolute atomic E-state index is 0.193. The molecule has 3 rings (SSSR count). The molecule has 2 aromatic rings. The molecule has 1 saturated heterocycles. The minimum atomic E-state index is 0.193. The summed E-state index contributed by atoms with van der Waals surface area (Å²) in [5.74, 6) is 1.17. The molecule has 0 radical (unpaired) electrons. The normalized spacial score (nSPS) is 20.2. The van der Waals surface area contributed by atoms with Gasteiger partial charge in [-0.3, -0.25) is 4.90 Å². The molecule has 0 aliphatic carbocycles. The summed E-state index contributed by atoms with van der Waals surface area (Å²) < 4.78 is 6.73. The van der Waals surface area contributed by atoms with Gasteiger partial charge in [-0.05, 0) is 47.4 Å². The molecule has 0 saturated carbocycles. The average Bonchev–Trinajstić information content (AvgIpc) is 3.10. The predicted molar refractivity (Wildman–Crippen MR) is 75.8 cm³/mol. The van der Waals surface area contributed by atoms with Crippen LogP contribution in [-0.2, 0) is 6.54 Å². The van der Waals surface area contributed by atoms with Gasteiger partial charge < -0.3 is 9.52 Å². The Morgan fingerprint density at radius 3 is 3.11 bits per heavy atom. The van der Waals surface area contributed by atoms with Crippen molar-refractivity contribution in [2.75, 3.05) is 13.2 Å². The van der Waals surface area contributed by atoms with Crippen LogP contribution < -0.4 is 0 Å². The fourth-order valence-corrected chi connectivity index (χ4v) is 3.64. The van der Waals surface area contributed by atoms with Gasteiger partial charge in [0.05, 0.1) is 21.8 Å². The first kappa shape index (κ1) is 13.2. The highest BCUT2D eigenvalue weighted by Crippen LogP contribution is 2.30. The van der Waals surface area contributed by atoms with E-state index >= 15 is 0 Å². The van der Waals surface area contributed by atoms with Crippen molar-refractivity contribution >= 4 is 27.3 Å². The number of aliphatic hydroxyl groups excluding tert-OH is 1. The van der Waals surface area contributed by atoms with Crippen LogP contribution in [0.3, 0.4) is 0 Å². The maximum Gasteiger partial charge on any atom is 0.257 e. The SMILES string of the molecule is OC[C@@H]1CCCN1Cc1nnc(-c2ccc(Br)s2)o1. The smallest absolute Gasteiger partial charge is 0.257 e. The number of nitrogens with zero attached hydrogens (tertiary/aromatic N) is 3. The van der Waals surface area contributed by atoms with Crippen LogP contribution in [0.1, 0.15) is 18.7 Å². The van der Waals surface area contributed by atoms with E-state index in [1.54, 1.807) is 11.3 Å². The molecule has 102 valence electrons. The lowest BCUT2D eigenvalue weighted by Crippen LogP contribution is -2.31. The van der Waals surface area contributed by atoms with Crippen molar-refractivity contribution in [2.45, 2.75) is 25.4 Å². The van der Waals surface area contributed by atoms with E-state index in [1.165, 1.54) is 0 Å². The number of halogens is 1. The van der Waals surface area contributed by atoms with Gasteiger partial charge >= 0.3 is 0 Å². The molecule has 5 nitrogen and oxygen atoms in total. The van der Waals surface area contributed by atoms with E-state index in [1.807, 2.05) is 12.1 Å². The molecule has 1 aliphatic rings. The van der Waals surface area contributed by atoms with E-state index in [4.69, 9.17) is 4.42 Å². The van der Waals surface area contributed by atoms with Gasteiger partial charge in [-0.2, -0.15) is 0 Å². The van der Waals surface area contributed by atoms with Crippen LogP contribution in [0.5, 0.6) is 0 Å². The fourth-order valence-electron chi connectivity index (χ4n) is 2.33. The largest absolute Gasteiger partial charge is 0.419 e. The maximum atomic E-state index is 9.29. The summed E-state index contributed by atoms with van der Waals surface area (Å²) in [5, 5.41) is 17.5. The molecular formula is C12H14BrN3O2S. The second kappa shape index (κ2) is 5.70. The van der Waals surface area contributed by atoms with Gasteiger partial charge in [0, 0.05) is 6.04 Å². The molecule has 0 unspecified atom stereocenters. The van der Waals surface area contributed by atoms with E-state index < -0.39 is 0 Å². The second-order valence-corrected chi connectivity index (χ2v) is 7.02. The summed E-state index contributed by atoms with van der Waals surface area (Å²) >= 11 is 4.99. The lowest BCUT2D eigenvalue weighted by atomic mass is 10.2. The van der Waals surface area contributed by atoms with E-state index in [2.05, 4.69) is 31.0 Å². The van der Waals surface area contributed by atoms with Gasteiger partial charge in [-0.1, -0.05) is 0 Å². The third kappa shape index (κ3) is 2.89. The lowest BCUT2D eigenvalue weighted by Gasteiger charge is -2.20. The standard InChI is InChI=1S/C12H14BrN3O2S/c13-10-4-3-9(19-10)12-15-14-11(18-12)6-16-5-1-2-8(16)7-17/h3-4,8,17H,1-2,5-7H2/t8-/m0/s1. The molecule has 0 amide bonds. The van der Waals surface area contributed by atoms with Crippen LogP contribution in [0.15, 0.2) is 20.3 Å². The van der Waals surface area contributed by atoms with Gasteiger partial charge in [0.2, 0.25) is 5.89 Å². The minimum Gasteiger partial charge on any atom is -0.419 e. The Morgan fingerprint density at radius 2 is 2.37 bits per heavy atom. The van der Waals surface area contributed by atoms with Crippen LogP contribution in [0.25, 0.3) is 10.8 Å². The van der Waals surface area contributed by atoms with Crippen molar-refractivity contribution < 1.29 is 9.52 Å². The van der Waals surface area contributed by atoms with Gasteiger partial charge in [0.25, 0.3) is 5.89 Å². The van der Waals surface area contributed by atoms with Crippen molar-refractivity contribution in [3.05, 3.63) is 21.8 Å². The Morgan fingerprint density at radius 1 is 1.47 bits per heavy atom. The van der Waals surface area contributed by atoms with Crippen molar-refractivity contribution in [2.24, 2.45) is 0 Å². The van der Waals surface area contributed by atoms with E-state index in [9.17, 15) is 5.11 Å². The topological polar surface area (TPSA) is 62.4 Å². The Bertz CT molecular complexity index is 557. The molecule has 19 heavy (non-hydrogen) atoms. The van der Waals surface area contributed by atoms with Crippen LogP contribution in [0, 0.1) is 0 Å². The van der Waals surface area contributed by atoms with E-state index in [-0.39, 0.29) is 12.6 Å². The summed E-state index contributed by atoms with van der Waals surface area (Å²) in [7, 11) is 0. The highest BCUT2D eigenvalue weighted by molar-refractivity contribution is 9.11. The molecule has 1 atom stereocenters. The first-order valence-corrected chi connectivity index (χ1v) is 7.80. The van der Waals surface area contributed by atoms with Crippen molar-refractivity contribution in [3.63, 3.8) is 0 Å². The number of hydrogen-bond acceptors (Lipinski definition) is 6. The first-order chi connectivity index (χ1) is 9.26. The summed E-state index contributed by atoms with van der Waals surface area (Å²) in [6.45, 7) is 1.79. The molecule has 0 bridgehead atoms. The zero-order chi connectivity index (χ0) is 13.2.